The Hall–Kier alpha value is -0.610. The highest BCUT2D eigenvalue weighted by molar-refractivity contribution is 6.30. The third kappa shape index (κ3) is 4.74. The number of halogens is 1. The van der Waals surface area contributed by atoms with Crippen LogP contribution in [0.15, 0.2) is 24.3 Å². The number of hydrogen-bond donors (Lipinski definition) is 1. The fourth-order valence-electron chi connectivity index (χ4n) is 2.71. The molecular formula is C16H25ClN2O. The van der Waals surface area contributed by atoms with Crippen LogP contribution in [-0.4, -0.2) is 43.8 Å². The van der Waals surface area contributed by atoms with Gasteiger partial charge in [-0.2, -0.15) is 0 Å². The summed E-state index contributed by atoms with van der Waals surface area (Å²) in [5, 5.41) is 4.52. The Labute approximate surface area is 127 Å². The molecule has 0 aromatic heterocycles. The van der Waals surface area contributed by atoms with Gasteiger partial charge in [-0.25, -0.2) is 0 Å². The van der Waals surface area contributed by atoms with E-state index in [0.29, 0.717) is 12.1 Å². The van der Waals surface area contributed by atoms with E-state index in [4.69, 9.17) is 16.3 Å². The molecule has 0 radical (unpaired) electrons. The molecule has 1 saturated heterocycles. The van der Waals surface area contributed by atoms with Crippen LogP contribution in [-0.2, 0) is 4.74 Å². The molecular weight excluding hydrogens is 272 g/mol. The molecule has 1 aliphatic heterocycles. The Morgan fingerprint density at radius 1 is 1.25 bits per heavy atom. The van der Waals surface area contributed by atoms with Crippen molar-refractivity contribution in [1.29, 1.82) is 0 Å². The molecule has 1 aromatic rings. The van der Waals surface area contributed by atoms with Crippen LogP contribution in [0.2, 0.25) is 5.02 Å². The third-order valence-corrected chi connectivity index (χ3v) is 4.05. The Morgan fingerprint density at radius 2 is 1.90 bits per heavy atom. The van der Waals surface area contributed by atoms with Crippen molar-refractivity contribution < 1.29 is 4.74 Å². The van der Waals surface area contributed by atoms with Gasteiger partial charge >= 0.3 is 0 Å². The second-order valence-corrected chi connectivity index (χ2v) is 5.93. The van der Waals surface area contributed by atoms with E-state index >= 15 is 0 Å². The molecule has 1 heterocycles. The summed E-state index contributed by atoms with van der Waals surface area (Å²) in [4.78, 5) is 2.47. The first-order chi connectivity index (χ1) is 9.69. The van der Waals surface area contributed by atoms with Crippen LogP contribution in [0.3, 0.4) is 0 Å². The summed E-state index contributed by atoms with van der Waals surface area (Å²) in [5.74, 6) is 0. The first-order valence-electron chi connectivity index (χ1n) is 7.50. The second kappa shape index (κ2) is 7.99. The zero-order valence-electron chi connectivity index (χ0n) is 12.4. The number of morpholine rings is 1. The molecule has 1 aromatic carbocycles. The number of ether oxygens (including phenoxy) is 1. The van der Waals surface area contributed by atoms with Gasteiger partial charge in [-0.3, -0.25) is 4.90 Å². The molecule has 3 nitrogen and oxygen atoms in total. The molecule has 2 rings (SSSR count). The molecule has 1 fully saturated rings. The molecule has 2 atom stereocenters. The largest absolute Gasteiger partial charge is 0.379 e. The topological polar surface area (TPSA) is 24.5 Å². The zero-order chi connectivity index (χ0) is 14.4. The smallest absolute Gasteiger partial charge is 0.0594 e. The number of nitrogens with zero attached hydrogens (tertiary/aromatic N) is 1. The number of rotatable bonds is 6. The lowest BCUT2D eigenvalue weighted by molar-refractivity contribution is 0.0338. The molecule has 0 spiro atoms. The summed E-state index contributed by atoms with van der Waals surface area (Å²) in [7, 11) is 0. The Balaban J connectivity index is 1.86. The van der Waals surface area contributed by atoms with Gasteiger partial charge in [-0.15, -0.1) is 0 Å². The van der Waals surface area contributed by atoms with Gasteiger partial charge in [-0.05, 0) is 31.0 Å². The first kappa shape index (κ1) is 15.8. The van der Waals surface area contributed by atoms with E-state index in [-0.39, 0.29) is 0 Å². The van der Waals surface area contributed by atoms with Crippen molar-refractivity contribution in [2.45, 2.75) is 32.4 Å². The van der Waals surface area contributed by atoms with Gasteiger partial charge < -0.3 is 10.1 Å². The summed E-state index contributed by atoms with van der Waals surface area (Å²) < 4.78 is 5.39. The molecule has 0 aliphatic carbocycles. The van der Waals surface area contributed by atoms with Crippen LogP contribution in [0.1, 0.15) is 31.9 Å². The Morgan fingerprint density at radius 3 is 2.50 bits per heavy atom. The normalized spacial score (nSPS) is 19.8. The number of nitrogens with one attached hydrogen (secondary N) is 1. The van der Waals surface area contributed by atoms with Crippen molar-refractivity contribution in [1.82, 2.24) is 10.2 Å². The van der Waals surface area contributed by atoms with E-state index in [1.54, 1.807) is 0 Å². The monoisotopic (exact) mass is 296 g/mol. The molecule has 20 heavy (non-hydrogen) atoms. The van der Waals surface area contributed by atoms with Gasteiger partial charge in [0.05, 0.1) is 13.2 Å². The standard InChI is InChI=1S/C16H25ClN2O/c1-3-16(14-4-6-15(17)7-5-14)18-13(2)12-19-8-10-20-11-9-19/h4-7,13,16,18H,3,8-12H2,1-2H3. The van der Waals surface area contributed by atoms with Crippen LogP contribution in [0, 0.1) is 0 Å². The summed E-state index contributed by atoms with van der Waals surface area (Å²) in [6.07, 6.45) is 1.08. The summed E-state index contributed by atoms with van der Waals surface area (Å²) >= 11 is 5.96. The van der Waals surface area contributed by atoms with Gasteiger partial charge in [-0.1, -0.05) is 30.7 Å². The van der Waals surface area contributed by atoms with Gasteiger partial charge in [0.1, 0.15) is 0 Å². The van der Waals surface area contributed by atoms with Gasteiger partial charge in [0.2, 0.25) is 0 Å². The van der Waals surface area contributed by atoms with Crippen molar-refractivity contribution >= 4 is 11.6 Å². The third-order valence-electron chi connectivity index (χ3n) is 3.80. The van der Waals surface area contributed by atoms with Crippen molar-refractivity contribution in [3.63, 3.8) is 0 Å². The average Bonchev–Trinajstić information content (AvgIpc) is 2.47. The minimum absolute atomic E-state index is 0.392. The summed E-state index contributed by atoms with van der Waals surface area (Å²) in [5.41, 5.74) is 1.31. The minimum atomic E-state index is 0.392. The van der Waals surface area contributed by atoms with Crippen molar-refractivity contribution in [2.75, 3.05) is 32.8 Å². The molecule has 112 valence electrons. The number of benzene rings is 1. The fourth-order valence-corrected chi connectivity index (χ4v) is 2.84. The minimum Gasteiger partial charge on any atom is -0.379 e. The lowest BCUT2D eigenvalue weighted by Gasteiger charge is -2.31. The number of hydrogen-bond acceptors (Lipinski definition) is 3. The van der Waals surface area contributed by atoms with Gasteiger partial charge in [0.15, 0.2) is 0 Å². The van der Waals surface area contributed by atoms with E-state index in [2.05, 4.69) is 36.2 Å². The highest BCUT2D eigenvalue weighted by Crippen LogP contribution is 2.19. The SMILES string of the molecule is CCC(NC(C)CN1CCOCC1)c1ccc(Cl)cc1. The van der Waals surface area contributed by atoms with Crippen LogP contribution in [0.25, 0.3) is 0 Å². The molecule has 1 aliphatic rings. The lowest BCUT2D eigenvalue weighted by atomic mass is 10.0. The summed E-state index contributed by atoms with van der Waals surface area (Å²) in [6.45, 7) is 9.37. The van der Waals surface area contributed by atoms with Crippen LogP contribution in [0.4, 0.5) is 0 Å². The maximum atomic E-state index is 5.96. The maximum Gasteiger partial charge on any atom is 0.0594 e. The van der Waals surface area contributed by atoms with Crippen molar-refractivity contribution in [3.8, 4) is 0 Å². The zero-order valence-corrected chi connectivity index (χ0v) is 13.2. The van der Waals surface area contributed by atoms with Crippen LogP contribution >= 0.6 is 11.6 Å². The van der Waals surface area contributed by atoms with Crippen LogP contribution < -0.4 is 5.32 Å². The Kier molecular flexibility index (Phi) is 6.30. The summed E-state index contributed by atoms with van der Waals surface area (Å²) in [6, 6.07) is 9.02. The maximum absolute atomic E-state index is 5.96. The molecule has 0 saturated carbocycles. The molecule has 0 amide bonds. The predicted octanol–water partition coefficient (Wildman–Crippen LogP) is 3.10. The Bertz CT molecular complexity index is 390. The van der Waals surface area contributed by atoms with E-state index in [9.17, 15) is 0 Å². The van der Waals surface area contributed by atoms with Gasteiger partial charge in [0.25, 0.3) is 0 Å². The lowest BCUT2D eigenvalue weighted by Crippen LogP contribution is -2.45. The quantitative estimate of drug-likeness (QED) is 0.873. The van der Waals surface area contributed by atoms with E-state index in [1.807, 2.05) is 12.1 Å². The van der Waals surface area contributed by atoms with Crippen LogP contribution in [0.5, 0.6) is 0 Å². The molecule has 1 N–H and O–H groups in total. The average molecular weight is 297 g/mol. The van der Waals surface area contributed by atoms with Crippen molar-refractivity contribution in [2.24, 2.45) is 0 Å². The van der Waals surface area contributed by atoms with E-state index in [1.165, 1.54) is 5.56 Å². The van der Waals surface area contributed by atoms with E-state index < -0.39 is 0 Å². The second-order valence-electron chi connectivity index (χ2n) is 5.49. The van der Waals surface area contributed by atoms with Crippen molar-refractivity contribution in [3.05, 3.63) is 34.9 Å². The highest BCUT2D eigenvalue weighted by Gasteiger charge is 2.17. The highest BCUT2D eigenvalue weighted by atomic mass is 35.5. The molecule has 2 unspecified atom stereocenters. The molecule has 0 bridgehead atoms. The molecule has 4 heteroatoms. The predicted molar refractivity (Wildman–Crippen MR) is 84.3 cm³/mol. The first-order valence-corrected chi connectivity index (χ1v) is 7.88. The fraction of sp³-hybridized carbons (Fsp3) is 0.625. The van der Waals surface area contributed by atoms with E-state index in [0.717, 1.165) is 44.3 Å². The van der Waals surface area contributed by atoms with Gasteiger partial charge in [0, 0.05) is 36.7 Å².